The molecule has 3 amide bonds. The molecule has 0 aliphatic rings. The highest BCUT2D eigenvalue weighted by Crippen LogP contribution is 2.25. The molecule has 0 saturated carbocycles. The van der Waals surface area contributed by atoms with E-state index in [4.69, 9.17) is 4.74 Å². The second-order valence-corrected chi connectivity index (χ2v) is 11.7. The lowest BCUT2D eigenvalue weighted by molar-refractivity contribution is -0.142. The maximum absolute atomic E-state index is 14.4. The molecule has 0 fully saturated rings. The number of alkyl carbamates (subject to hydrolysis) is 1. The van der Waals surface area contributed by atoms with Crippen LogP contribution in [-0.2, 0) is 27.2 Å². The van der Waals surface area contributed by atoms with Crippen molar-refractivity contribution in [3.63, 3.8) is 0 Å². The van der Waals surface area contributed by atoms with Crippen LogP contribution in [0, 0.1) is 0 Å². The smallest absolute Gasteiger partial charge is 0.408 e. The third-order valence-electron chi connectivity index (χ3n) is 6.77. The molecular formula is C33H49N3O5. The fourth-order valence-corrected chi connectivity index (χ4v) is 4.65. The SMILES string of the molecule is CCCCN(C(=O)C(Cc1ccc(O)cc1)NC(=O)OC(C)(C)C)C(C(=O)NC(C)CCC)c1ccc(CC)cc1. The van der Waals surface area contributed by atoms with E-state index in [0.29, 0.717) is 18.5 Å². The lowest BCUT2D eigenvalue weighted by atomic mass is 9.98. The van der Waals surface area contributed by atoms with Crippen LogP contribution in [0.4, 0.5) is 4.79 Å². The largest absolute Gasteiger partial charge is 0.508 e. The van der Waals surface area contributed by atoms with Crippen LogP contribution in [0.15, 0.2) is 48.5 Å². The molecule has 226 valence electrons. The van der Waals surface area contributed by atoms with Crippen molar-refractivity contribution < 1.29 is 24.2 Å². The Kier molecular flexibility index (Phi) is 13.2. The molecule has 2 rings (SSSR count). The second-order valence-electron chi connectivity index (χ2n) is 11.7. The quantitative estimate of drug-likeness (QED) is 0.257. The predicted octanol–water partition coefficient (Wildman–Crippen LogP) is 6.07. The number of hydrogen-bond donors (Lipinski definition) is 3. The van der Waals surface area contributed by atoms with Gasteiger partial charge in [-0.15, -0.1) is 0 Å². The first-order valence-corrected chi connectivity index (χ1v) is 14.9. The highest BCUT2D eigenvalue weighted by atomic mass is 16.6. The summed E-state index contributed by atoms with van der Waals surface area (Å²) in [4.78, 5) is 42.8. The van der Waals surface area contributed by atoms with E-state index in [2.05, 4.69) is 24.5 Å². The minimum Gasteiger partial charge on any atom is -0.508 e. The van der Waals surface area contributed by atoms with E-state index in [0.717, 1.165) is 36.8 Å². The summed E-state index contributed by atoms with van der Waals surface area (Å²) in [5.41, 5.74) is 1.85. The fourth-order valence-electron chi connectivity index (χ4n) is 4.65. The monoisotopic (exact) mass is 567 g/mol. The van der Waals surface area contributed by atoms with Gasteiger partial charge >= 0.3 is 6.09 Å². The first kappa shape index (κ1) is 33.7. The van der Waals surface area contributed by atoms with Crippen molar-refractivity contribution in [3.8, 4) is 5.75 Å². The minimum absolute atomic E-state index is 0.0549. The van der Waals surface area contributed by atoms with Gasteiger partial charge in [-0.2, -0.15) is 0 Å². The van der Waals surface area contributed by atoms with E-state index in [1.165, 1.54) is 0 Å². The first-order chi connectivity index (χ1) is 19.4. The summed E-state index contributed by atoms with van der Waals surface area (Å²) in [6.45, 7) is 13.7. The standard InChI is InChI=1S/C33H49N3O5/c1-8-11-21-36(29(30(38)34-23(4)12-9-2)26-17-13-24(10-3)14-18-26)31(39)28(35-32(40)41-33(5,6)7)22-25-15-19-27(37)20-16-25/h13-20,23,28-29,37H,8-12,21-22H2,1-7H3,(H,34,38)(H,35,40). The van der Waals surface area contributed by atoms with E-state index < -0.39 is 23.8 Å². The third-order valence-corrected chi connectivity index (χ3v) is 6.77. The fraction of sp³-hybridized carbons (Fsp3) is 0.545. The zero-order valence-corrected chi connectivity index (χ0v) is 25.8. The van der Waals surface area contributed by atoms with E-state index in [1.807, 2.05) is 38.1 Å². The van der Waals surface area contributed by atoms with Crippen LogP contribution in [0.5, 0.6) is 5.75 Å². The average molecular weight is 568 g/mol. The molecule has 2 aromatic carbocycles. The number of rotatable bonds is 14. The van der Waals surface area contributed by atoms with Crippen molar-refractivity contribution in [1.82, 2.24) is 15.5 Å². The topological polar surface area (TPSA) is 108 Å². The van der Waals surface area contributed by atoms with Gasteiger partial charge in [-0.3, -0.25) is 9.59 Å². The number of aryl methyl sites for hydroxylation is 1. The second kappa shape index (κ2) is 16.0. The van der Waals surface area contributed by atoms with Crippen LogP contribution in [0.25, 0.3) is 0 Å². The zero-order chi connectivity index (χ0) is 30.6. The van der Waals surface area contributed by atoms with Gasteiger partial charge in [0.2, 0.25) is 11.8 Å². The number of carbonyl (C=O) groups is 3. The van der Waals surface area contributed by atoms with Crippen LogP contribution in [-0.4, -0.2) is 52.1 Å². The molecule has 0 saturated heterocycles. The molecule has 0 aliphatic carbocycles. The zero-order valence-electron chi connectivity index (χ0n) is 25.8. The number of phenols is 1. The Morgan fingerprint density at radius 1 is 0.902 bits per heavy atom. The number of phenolic OH excluding ortho intramolecular Hbond substituents is 1. The maximum atomic E-state index is 14.4. The Labute approximate surface area is 245 Å². The van der Waals surface area contributed by atoms with E-state index >= 15 is 0 Å². The molecule has 3 atom stereocenters. The third kappa shape index (κ3) is 11.1. The van der Waals surface area contributed by atoms with E-state index in [9.17, 15) is 19.5 Å². The molecule has 0 aromatic heterocycles. The molecule has 0 radical (unpaired) electrons. The molecule has 3 unspecified atom stereocenters. The van der Waals surface area contributed by atoms with Gasteiger partial charge < -0.3 is 25.4 Å². The van der Waals surface area contributed by atoms with Gasteiger partial charge in [0.05, 0.1) is 0 Å². The molecular weight excluding hydrogens is 518 g/mol. The summed E-state index contributed by atoms with van der Waals surface area (Å²) in [5, 5.41) is 15.6. The number of amides is 3. The Balaban J connectivity index is 2.56. The minimum atomic E-state index is -0.996. The number of aromatic hydroxyl groups is 1. The number of unbranched alkanes of at least 4 members (excludes halogenated alkanes) is 1. The van der Waals surface area contributed by atoms with Gasteiger partial charge in [-0.05, 0) is 75.8 Å². The van der Waals surface area contributed by atoms with Gasteiger partial charge in [0, 0.05) is 19.0 Å². The molecule has 0 heterocycles. The molecule has 8 nitrogen and oxygen atoms in total. The number of nitrogens with zero attached hydrogens (tertiary/aromatic N) is 1. The van der Waals surface area contributed by atoms with Crippen molar-refractivity contribution in [3.05, 3.63) is 65.2 Å². The van der Waals surface area contributed by atoms with Crippen LogP contribution < -0.4 is 10.6 Å². The summed E-state index contributed by atoms with van der Waals surface area (Å²) in [5.74, 6) is -0.518. The van der Waals surface area contributed by atoms with E-state index in [1.54, 1.807) is 49.9 Å². The highest BCUT2D eigenvalue weighted by molar-refractivity contribution is 5.92. The Hall–Kier alpha value is -3.55. The molecule has 0 aliphatic heterocycles. The normalized spacial score (nSPS) is 13.5. The number of hydrogen-bond acceptors (Lipinski definition) is 5. The molecule has 3 N–H and O–H groups in total. The Bertz CT molecular complexity index is 1110. The molecule has 8 heteroatoms. The first-order valence-electron chi connectivity index (χ1n) is 14.9. The van der Waals surface area contributed by atoms with Crippen molar-refractivity contribution >= 4 is 17.9 Å². The van der Waals surface area contributed by atoms with Gasteiger partial charge in [0.1, 0.15) is 23.4 Å². The molecule has 0 spiro atoms. The van der Waals surface area contributed by atoms with Crippen LogP contribution in [0.1, 0.15) is 96.9 Å². The van der Waals surface area contributed by atoms with Crippen molar-refractivity contribution in [1.29, 1.82) is 0 Å². The van der Waals surface area contributed by atoms with Crippen LogP contribution >= 0.6 is 0 Å². The number of carbonyl (C=O) groups excluding carboxylic acids is 3. The lowest BCUT2D eigenvalue weighted by Gasteiger charge is -2.35. The maximum Gasteiger partial charge on any atom is 0.408 e. The Morgan fingerprint density at radius 2 is 1.51 bits per heavy atom. The highest BCUT2D eigenvalue weighted by Gasteiger charge is 2.36. The van der Waals surface area contributed by atoms with Crippen molar-refractivity contribution in [2.45, 2.75) is 111 Å². The lowest BCUT2D eigenvalue weighted by Crippen LogP contribution is -2.54. The average Bonchev–Trinajstić information content (AvgIpc) is 2.90. The number of benzene rings is 2. The van der Waals surface area contributed by atoms with E-state index in [-0.39, 0.29) is 30.0 Å². The van der Waals surface area contributed by atoms with Gasteiger partial charge in [-0.25, -0.2) is 4.79 Å². The van der Waals surface area contributed by atoms with Gasteiger partial charge in [-0.1, -0.05) is 70.0 Å². The summed E-state index contributed by atoms with van der Waals surface area (Å²) < 4.78 is 5.49. The summed E-state index contributed by atoms with van der Waals surface area (Å²) in [7, 11) is 0. The van der Waals surface area contributed by atoms with Crippen molar-refractivity contribution in [2.24, 2.45) is 0 Å². The van der Waals surface area contributed by atoms with Crippen LogP contribution in [0.3, 0.4) is 0 Å². The van der Waals surface area contributed by atoms with Gasteiger partial charge in [0.15, 0.2) is 0 Å². The Morgan fingerprint density at radius 3 is 2.05 bits per heavy atom. The van der Waals surface area contributed by atoms with Crippen LogP contribution in [0.2, 0.25) is 0 Å². The number of nitrogens with one attached hydrogen (secondary N) is 2. The molecule has 0 bridgehead atoms. The summed E-state index contributed by atoms with van der Waals surface area (Å²) in [6, 6.07) is 12.4. The molecule has 41 heavy (non-hydrogen) atoms. The summed E-state index contributed by atoms with van der Waals surface area (Å²) in [6.07, 6.45) is 3.56. The molecule has 2 aromatic rings. The predicted molar refractivity (Wildman–Crippen MR) is 163 cm³/mol. The number of ether oxygens (including phenoxy) is 1. The van der Waals surface area contributed by atoms with Crippen molar-refractivity contribution in [2.75, 3.05) is 6.54 Å². The van der Waals surface area contributed by atoms with Gasteiger partial charge in [0.25, 0.3) is 0 Å². The summed E-state index contributed by atoms with van der Waals surface area (Å²) >= 11 is 0.